The summed E-state index contributed by atoms with van der Waals surface area (Å²) in [5.74, 6) is 1.86. The Morgan fingerprint density at radius 3 is 2.39 bits per heavy atom. The number of aromatic carboxylic acids is 1. The summed E-state index contributed by atoms with van der Waals surface area (Å²) in [6.45, 7) is 8.54. The quantitative estimate of drug-likeness (QED) is 0.607. The number of ketones is 2. The van der Waals surface area contributed by atoms with Gasteiger partial charge in [-0.05, 0) is 98.0 Å². The maximum Gasteiger partial charge on any atom is 0.335 e. The minimum absolute atomic E-state index is 0.122. The van der Waals surface area contributed by atoms with Crippen molar-refractivity contribution >= 4 is 17.5 Å². The molecule has 4 aliphatic rings. The van der Waals surface area contributed by atoms with Crippen molar-refractivity contribution < 1.29 is 19.5 Å². The van der Waals surface area contributed by atoms with Gasteiger partial charge in [0, 0.05) is 12.3 Å². The monoisotopic (exact) mass is 450 g/mol. The molecule has 0 radical (unpaired) electrons. The summed E-state index contributed by atoms with van der Waals surface area (Å²) in [6.07, 6.45) is 7.76. The van der Waals surface area contributed by atoms with E-state index in [-0.39, 0.29) is 28.1 Å². The molecule has 4 nitrogen and oxygen atoms in total. The molecule has 4 aliphatic carbocycles. The fraction of sp³-hybridized carbons (Fsp3) is 0.690. The lowest BCUT2D eigenvalue weighted by molar-refractivity contribution is -0.150. The Morgan fingerprint density at radius 1 is 1.00 bits per heavy atom. The molecule has 5 rings (SSSR count). The van der Waals surface area contributed by atoms with Crippen LogP contribution in [-0.4, -0.2) is 22.6 Å². The molecule has 0 bridgehead atoms. The summed E-state index contributed by atoms with van der Waals surface area (Å²) in [6, 6.07) is 7.22. The molecule has 33 heavy (non-hydrogen) atoms. The SMILES string of the molecule is CC(=O)[C@@]1(c2ccccc2C(=O)O)CC[C@H]2[C@@H]3CC[C@@H]4CC(=O)C(C)C[C@]4(C)[C@H]3CC[C@@]21C. The first-order valence-electron chi connectivity index (χ1n) is 12.9. The van der Waals surface area contributed by atoms with Crippen molar-refractivity contribution in [1.29, 1.82) is 0 Å². The normalized spacial score (nSPS) is 44.5. The molecule has 4 saturated carbocycles. The number of fused-ring (bicyclic) bond motifs is 5. The lowest BCUT2D eigenvalue weighted by atomic mass is 9.42. The molecule has 4 heteroatoms. The van der Waals surface area contributed by atoms with Crippen LogP contribution in [0.5, 0.6) is 0 Å². The minimum atomic E-state index is -0.944. The summed E-state index contributed by atoms with van der Waals surface area (Å²) in [4.78, 5) is 38.2. The van der Waals surface area contributed by atoms with Crippen LogP contribution in [0.1, 0.15) is 95.0 Å². The highest BCUT2D eigenvalue weighted by Gasteiger charge is 2.67. The van der Waals surface area contributed by atoms with E-state index in [1.165, 1.54) is 0 Å². The highest BCUT2D eigenvalue weighted by Crippen LogP contribution is 2.71. The van der Waals surface area contributed by atoms with Gasteiger partial charge in [-0.1, -0.05) is 39.0 Å². The van der Waals surface area contributed by atoms with Crippen LogP contribution in [0.3, 0.4) is 0 Å². The second-order valence-electron chi connectivity index (χ2n) is 12.2. The van der Waals surface area contributed by atoms with E-state index >= 15 is 0 Å². The Balaban J connectivity index is 1.57. The average molecular weight is 451 g/mol. The van der Waals surface area contributed by atoms with E-state index in [9.17, 15) is 19.5 Å². The first kappa shape index (κ1) is 22.8. The lowest BCUT2D eigenvalue weighted by Crippen LogP contribution is -2.58. The van der Waals surface area contributed by atoms with Gasteiger partial charge in [-0.25, -0.2) is 4.79 Å². The third kappa shape index (κ3) is 2.91. The second kappa shape index (κ2) is 7.52. The van der Waals surface area contributed by atoms with Crippen LogP contribution in [0.15, 0.2) is 24.3 Å². The van der Waals surface area contributed by atoms with Crippen molar-refractivity contribution in [3.8, 4) is 0 Å². The van der Waals surface area contributed by atoms with Crippen LogP contribution in [0.25, 0.3) is 0 Å². The molecule has 178 valence electrons. The van der Waals surface area contributed by atoms with E-state index in [1.54, 1.807) is 19.1 Å². The van der Waals surface area contributed by atoms with Crippen molar-refractivity contribution in [2.75, 3.05) is 0 Å². The van der Waals surface area contributed by atoms with E-state index in [0.717, 1.165) is 56.9 Å². The van der Waals surface area contributed by atoms with Gasteiger partial charge in [-0.2, -0.15) is 0 Å². The molecule has 8 atom stereocenters. The molecule has 4 fully saturated rings. The van der Waals surface area contributed by atoms with Gasteiger partial charge in [0.15, 0.2) is 0 Å². The maximum atomic E-state index is 13.5. The molecule has 0 aromatic heterocycles. The predicted octanol–water partition coefficient (Wildman–Crippen LogP) is 6.07. The van der Waals surface area contributed by atoms with Crippen molar-refractivity contribution in [2.45, 2.75) is 84.5 Å². The van der Waals surface area contributed by atoms with E-state index in [4.69, 9.17) is 0 Å². The van der Waals surface area contributed by atoms with Gasteiger partial charge in [0.05, 0.1) is 11.0 Å². The molecule has 0 spiro atoms. The van der Waals surface area contributed by atoms with Gasteiger partial charge in [-0.15, -0.1) is 0 Å². The van der Waals surface area contributed by atoms with E-state index in [2.05, 4.69) is 20.8 Å². The number of carboxylic acid groups (broad SMARTS) is 1. The summed E-state index contributed by atoms with van der Waals surface area (Å²) < 4.78 is 0. The van der Waals surface area contributed by atoms with Gasteiger partial charge in [0.25, 0.3) is 0 Å². The topological polar surface area (TPSA) is 71.4 Å². The van der Waals surface area contributed by atoms with Crippen LogP contribution in [0.4, 0.5) is 0 Å². The number of carboxylic acids is 1. The van der Waals surface area contributed by atoms with Crippen molar-refractivity contribution in [3.63, 3.8) is 0 Å². The molecule has 0 amide bonds. The van der Waals surface area contributed by atoms with Gasteiger partial charge in [0.1, 0.15) is 11.6 Å². The maximum absolute atomic E-state index is 13.5. The van der Waals surface area contributed by atoms with E-state index < -0.39 is 11.4 Å². The molecule has 0 saturated heterocycles. The summed E-state index contributed by atoms with van der Waals surface area (Å²) >= 11 is 0. The highest BCUT2D eigenvalue weighted by molar-refractivity contribution is 5.96. The smallest absolute Gasteiger partial charge is 0.335 e. The number of carbonyl (C=O) groups is 3. The molecular weight excluding hydrogens is 412 g/mol. The lowest BCUT2D eigenvalue weighted by Gasteiger charge is -2.62. The second-order valence-corrected chi connectivity index (χ2v) is 12.2. The zero-order valence-electron chi connectivity index (χ0n) is 20.5. The fourth-order valence-corrected chi connectivity index (χ4v) is 9.70. The van der Waals surface area contributed by atoms with Crippen molar-refractivity contribution in [2.24, 2.45) is 40.4 Å². The molecule has 1 unspecified atom stereocenters. The molecular formula is C29H38O4. The Morgan fingerprint density at radius 2 is 1.70 bits per heavy atom. The fourth-order valence-electron chi connectivity index (χ4n) is 9.70. The van der Waals surface area contributed by atoms with Crippen molar-refractivity contribution in [3.05, 3.63) is 35.4 Å². The number of benzene rings is 1. The van der Waals surface area contributed by atoms with Gasteiger partial charge < -0.3 is 5.11 Å². The predicted molar refractivity (Wildman–Crippen MR) is 127 cm³/mol. The van der Waals surface area contributed by atoms with Crippen LogP contribution in [-0.2, 0) is 15.0 Å². The summed E-state index contributed by atoms with van der Waals surface area (Å²) in [5.41, 5.74) is 0.255. The third-order valence-corrected chi connectivity index (χ3v) is 11.2. The number of rotatable bonds is 3. The average Bonchev–Trinajstić information content (AvgIpc) is 3.09. The standard InChI is InChI=1S/C29H38O4/c1-17-16-27(3)19(15-25(17)31)9-10-20-22(27)11-13-28(4)23(20)12-14-29(28,18(2)30)24-8-6-5-7-21(24)26(32)33/h5-8,17,19-20,22-23H,9-16H2,1-4H3,(H,32,33)/t17?,19-,20-,22+,23+,27+,28+,29-/m1/s1. The first-order chi connectivity index (χ1) is 15.6. The molecule has 0 aliphatic heterocycles. The zero-order valence-corrected chi connectivity index (χ0v) is 20.5. The van der Waals surface area contributed by atoms with Gasteiger partial charge >= 0.3 is 5.97 Å². The Labute approximate surface area is 197 Å². The van der Waals surface area contributed by atoms with E-state index in [0.29, 0.717) is 29.5 Å². The Kier molecular flexibility index (Phi) is 5.19. The largest absolute Gasteiger partial charge is 0.478 e. The number of Topliss-reactive ketones (excluding diaryl/α,β-unsaturated/α-hetero) is 2. The number of hydrogen-bond acceptors (Lipinski definition) is 3. The third-order valence-electron chi connectivity index (χ3n) is 11.2. The van der Waals surface area contributed by atoms with Crippen LogP contribution < -0.4 is 0 Å². The first-order valence-corrected chi connectivity index (χ1v) is 12.9. The minimum Gasteiger partial charge on any atom is -0.478 e. The zero-order chi connectivity index (χ0) is 23.8. The van der Waals surface area contributed by atoms with Gasteiger partial charge in [-0.3, -0.25) is 9.59 Å². The van der Waals surface area contributed by atoms with Crippen LogP contribution in [0.2, 0.25) is 0 Å². The molecule has 1 aromatic carbocycles. The van der Waals surface area contributed by atoms with Crippen LogP contribution >= 0.6 is 0 Å². The number of hydrogen-bond donors (Lipinski definition) is 1. The van der Waals surface area contributed by atoms with E-state index in [1.807, 2.05) is 12.1 Å². The molecule has 1 N–H and O–H groups in total. The molecule has 0 heterocycles. The van der Waals surface area contributed by atoms with Gasteiger partial charge in [0.2, 0.25) is 0 Å². The van der Waals surface area contributed by atoms with Crippen molar-refractivity contribution in [1.82, 2.24) is 0 Å². The Bertz CT molecular complexity index is 1010. The Hall–Kier alpha value is -1.97. The summed E-state index contributed by atoms with van der Waals surface area (Å²) in [7, 11) is 0. The molecule has 1 aromatic rings. The highest BCUT2D eigenvalue weighted by atomic mass is 16.4. The number of carbonyl (C=O) groups excluding carboxylic acids is 2. The van der Waals surface area contributed by atoms with Crippen LogP contribution in [0, 0.1) is 40.4 Å². The summed E-state index contributed by atoms with van der Waals surface area (Å²) in [5, 5.41) is 9.96.